The maximum atomic E-state index is 11.5. The minimum absolute atomic E-state index is 0.366. The summed E-state index contributed by atoms with van der Waals surface area (Å²) in [6.07, 6.45) is 5.25. The molecular formula is C20H21N7O2. The van der Waals surface area contributed by atoms with Crippen LogP contribution in [0.25, 0.3) is 0 Å². The monoisotopic (exact) mass is 391 g/mol. The fraction of sp³-hybridized carbons (Fsp3) is 0.250. The molecule has 148 valence electrons. The van der Waals surface area contributed by atoms with E-state index in [2.05, 4.69) is 35.1 Å². The molecule has 0 radical (unpaired) electrons. The highest BCUT2D eigenvalue weighted by Gasteiger charge is 2.20. The molecule has 0 aliphatic carbocycles. The Morgan fingerprint density at radius 1 is 0.931 bits per heavy atom. The van der Waals surface area contributed by atoms with Gasteiger partial charge in [-0.05, 0) is 36.4 Å². The molecule has 0 unspecified atom stereocenters. The van der Waals surface area contributed by atoms with E-state index < -0.39 is 0 Å². The van der Waals surface area contributed by atoms with Crippen molar-refractivity contribution in [2.75, 3.05) is 48.4 Å². The molecule has 1 aromatic carbocycles. The average molecular weight is 391 g/mol. The Balaban J connectivity index is 1.39. The van der Waals surface area contributed by atoms with Crippen LogP contribution in [-0.4, -0.2) is 59.2 Å². The molecule has 0 amide bonds. The van der Waals surface area contributed by atoms with Gasteiger partial charge in [0.1, 0.15) is 5.82 Å². The van der Waals surface area contributed by atoms with Crippen LogP contribution in [0.15, 0.2) is 55.0 Å². The fourth-order valence-corrected chi connectivity index (χ4v) is 3.11. The van der Waals surface area contributed by atoms with Crippen molar-refractivity contribution in [3.05, 3.63) is 60.6 Å². The first-order chi connectivity index (χ1) is 14.2. The number of rotatable bonds is 5. The molecule has 0 spiro atoms. The van der Waals surface area contributed by atoms with Crippen molar-refractivity contribution >= 4 is 29.4 Å². The summed E-state index contributed by atoms with van der Waals surface area (Å²) in [5, 5.41) is 3.17. The van der Waals surface area contributed by atoms with Gasteiger partial charge in [-0.25, -0.2) is 19.7 Å². The van der Waals surface area contributed by atoms with E-state index in [1.807, 2.05) is 12.1 Å². The molecule has 3 aromatic rings. The van der Waals surface area contributed by atoms with E-state index in [9.17, 15) is 4.79 Å². The van der Waals surface area contributed by atoms with Gasteiger partial charge in [-0.2, -0.15) is 4.98 Å². The molecule has 1 N–H and O–H groups in total. The molecule has 1 aliphatic rings. The lowest BCUT2D eigenvalue weighted by atomic mass is 10.2. The smallest absolute Gasteiger partial charge is 0.337 e. The maximum Gasteiger partial charge on any atom is 0.337 e. The lowest BCUT2D eigenvalue weighted by molar-refractivity contribution is 0.0601. The second kappa shape index (κ2) is 8.51. The zero-order valence-electron chi connectivity index (χ0n) is 16.0. The van der Waals surface area contributed by atoms with Crippen molar-refractivity contribution in [2.45, 2.75) is 0 Å². The molecule has 0 atom stereocenters. The van der Waals surface area contributed by atoms with Gasteiger partial charge >= 0.3 is 5.97 Å². The third-order valence-corrected chi connectivity index (χ3v) is 4.64. The van der Waals surface area contributed by atoms with E-state index in [0.717, 1.165) is 43.6 Å². The number of nitrogens with zero attached hydrogens (tertiary/aromatic N) is 6. The number of aromatic nitrogens is 4. The van der Waals surface area contributed by atoms with E-state index in [1.165, 1.54) is 7.11 Å². The van der Waals surface area contributed by atoms with Crippen LogP contribution in [0.2, 0.25) is 0 Å². The largest absolute Gasteiger partial charge is 0.465 e. The Kier molecular flexibility index (Phi) is 5.46. The van der Waals surface area contributed by atoms with Crippen LogP contribution in [0, 0.1) is 0 Å². The van der Waals surface area contributed by atoms with Gasteiger partial charge in [-0.3, -0.25) is 0 Å². The third-order valence-electron chi connectivity index (χ3n) is 4.64. The predicted molar refractivity (Wildman–Crippen MR) is 110 cm³/mol. The van der Waals surface area contributed by atoms with Crippen molar-refractivity contribution < 1.29 is 9.53 Å². The number of benzene rings is 1. The fourth-order valence-electron chi connectivity index (χ4n) is 3.11. The highest BCUT2D eigenvalue weighted by atomic mass is 16.5. The van der Waals surface area contributed by atoms with Gasteiger partial charge in [-0.15, -0.1) is 0 Å². The van der Waals surface area contributed by atoms with Crippen LogP contribution in [0.4, 0.5) is 23.4 Å². The summed E-state index contributed by atoms with van der Waals surface area (Å²) >= 11 is 0. The number of nitrogens with one attached hydrogen (secondary N) is 1. The second-order valence-electron chi connectivity index (χ2n) is 6.46. The highest BCUT2D eigenvalue weighted by molar-refractivity contribution is 5.89. The van der Waals surface area contributed by atoms with Gasteiger partial charge in [0.25, 0.3) is 0 Å². The number of hydrogen-bond donors (Lipinski definition) is 1. The van der Waals surface area contributed by atoms with Crippen LogP contribution in [0.5, 0.6) is 0 Å². The molecular weight excluding hydrogens is 370 g/mol. The van der Waals surface area contributed by atoms with E-state index in [4.69, 9.17) is 4.74 Å². The first-order valence-corrected chi connectivity index (χ1v) is 9.28. The summed E-state index contributed by atoms with van der Waals surface area (Å²) < 4.78 is 4.71. The number of ether oxygens (including phenoxy) is 1. The quantitative estimate of drug-likeness (QED) is 0.656. The highest BCUT2D eigenvalue weighted by Crippen LogP contribution is 2.19. The van der Waals surface area contributed by atoms with E-state index in [0.29, 0.717) is 11.5 Å². The third kappa shape index (κ3) is 4.40. The Hall–Kier alpha value is -3.75. The Morgan fingerprint density at radius 3 is 2.31 bits per heavy atom. The molecule has 9 heteroatoms. The lowest BCUT2D eigenvalue weighted by Gasteiger charge is -2.35. The Morgan fingerprint density at radius 2 is 1.62 bits per heavy atom. The van der Waals surface area contributed by atoms with Crippen molar-refractivity contribution in [1.29, 1.82) is 0 Å². The standard InChI is InChI=1S/C20H21N7O2/c1-29-18(28)15-3-5-16(6-4-15)24-19-21-10-7-17(25-19)26-11-13-27(14-12-26)20-22-8-2-9-23-20/h2-10H,11-14H2,1H3,(H,21,24,25). The number of carbonyl (C=O) groups is 1. The van der Waals surface area contributed by atoms with Gasteiger partial charge in [0.2, 0.25) is 11.9 Å². The zero-order valence-corrected chi connectivity index (χ0v) is 16.0. The summed E-state index contributed by atoms with van der Waals surface area (Å²) in [4.78, 5) is 33.5. The SMILES string of the molecule is COC(=O)c1ccc(Nc2nccc(N3CCN(c4ncccn4)CC3)n2)cc1. The van der Waals surface area contributed by atoms with Crippen LogP contribution >= 0.6 is 0 Å². The van der Waals surface area contributed by atoms with Gasteiger partial charge < -0.3 is 19.9 Å². The summed E-state index contributed by atoms with van der Waals surface area (Å²) in [5.74, 6) is 1.76. The molecule has 1 aliphatic heterocycles. The molecule has 2 aromatic heterocycles. The van der Waals surface area contributed by atoms with Crippen LogP contribution in [0.3, 0.4) is 0 Å². The van der Waals surface area contributed by atoms with Crippen molar-refractivity contribution in [2.24, 2.45) is 0 Å². The Bertz CT molecular complexity index is 958. The normalized spacial score (nSPS) is 13.8. The second-order valence-corrected chi connectivity index (χ2v) is 6.46. The number of piperazine rings is 1. The van der Waals surface area contributed by atoms with Gasteiger partial charge in [0, 0.05) is 50.5 Å². The minimum Gasteiger partial charge on any atom is -0.465 e. The number of methoxy groups -OCH3 is 1. The van der Waals surface area contributed by atoms with Crippen LogP contribution in [-0.2, 0) is 4.74 Å². The predicted octanol–water partition coefficient (Wildman–Crippen LogP) is 2.12. The summed E-state index contributed by atoms with van der Waals surface area (Å²) in [6, 6.07) is 10.7. The van der Waals surface area contributed by atoms with Crippen molar-refractivity contribution in [3.63, 3.8) is 0 Å². The van der Waals surface area contributed by atoms with Crippen molar-refractivity contribution in [3.8, 4) is 0 Å². The number of anilines is 4. The number of esters is 1. The first kappa shape index (κ1) is 18.6. The molecule has 0 bridgehead atoms. The summed E-state index contributed by atoms with van der Waals surface area (Å²) in [6.45, 7) is 3.29. The van der Waals surface area contributed by atoms with E-state index in [1.54, 1.807) is 42.9 Å². The van der Waals surface area contributed by atoms with Gasteiger partial charge in [0.05, 0.1) is 12.7 Å². The average Bonchev–Trinajstić information content (AvgIpc) is 2.80. The van der Waals surface area contributed by atoms with Gasteiger partial charge in [0.15, 0.2) is 0 Å². The Labute approximate surface area is 168 Å². The van der Waals surface area contributed by atoms with Crippen LogP contribution < -0.4 is 15.1 Å². The lowest BCUT2D eigenvalue weighted by Crippen LogP contribution is -2.47. The molecule has 3 heterocycles. The molecule has 9 nitrogen and oxygen atoms in total. The first-order valence-electron chi connectivity index (χ1n) is 9.28. The van der Waals surface area contributed by atoms with Gasteiger partial charge in [-0.1, -0.05) is 0 Å². The van der Waals surface area contributed by atoms with Crippen LogP contribution in [0.1, 0.15) is 10.4 Å². The molecule has 4 rings (SSSR count). The van der Waals surface area contributed by atoms with Crippen molar-refractivity contribution in [1.82, 2.24) is 19.9 Å². The number of carbonyl (C=O) groups excluding carboxylic acids is 1. The molecule has 1 saturated heterocycles. The summed E-state index contributed by atoms with van der Waals surface area (Å²) in [7, 11) is 1.36. The van der Waals surface area contributed by atoms with E-state index in [-0.39, 0.29) is 5.97 Å². The molecule has 0 saturated carbocycles. The molecule has 29 heavy (non-hydrogen) atoms. The summed E-state index contributed by atoms with van der Waals surface area (Å²) in [5.41, 5.74) is 1.29. The van der Waals surface area contributed by atoms with E-state index >= 15 is 0 Å². The number of hydrogen-bond acceptors (Lipinski definition) is 9. The maximum absolute atomic E-state index is 11.5. The topological polar surface area (TPSA) is 96.4 Å². The minimum atomic E-state index is -0.366. The molecule has 1 fully saturated rings. The zero-order chi connectivity index (χ0) is 20.1.